The normalized spacial score (nSPS) is 22.7. The molecule has 0 radical (unpaired) electrons. The highest BCUT2D eigenvalue weighted by molar-refractivity contribution is 9.10. The molecule has 0 spiro atoms. The van der Waals surface area contributed by atoms with Gasteiger partial charge in [0.1, 0.15) is 4.60 Å². The van der Waals surface area contributed by atoms with Crippen molar-refractivity contribution in [1.29, 1.82) is 0 Å². The van der Waals surface area contributed by atoms with Crippen LogP contribution in [0.5, 0.6) is 0 Å². The highest BCUT2D eigenvalue weighted by Crippen LogP contribution is 2.31. The van der Waals surface area contributed by atoms with Crippen LogP contribution in [0.4, 0.5) is 5.95 Å². The van der Waals surface area contributed by atoms with Crippen molar-refractivity contribution >= 4 is 49.7 Å². The molecule has 3 aromatic heterocycles. The van der Waals surface area contributed by atoms with E-state index in [0.717, 1.165) is 41.2 Å². The van der Waals surface area contributed by atoms with E-state index in [1.807, 2.05) is 40.8 Å². The van der Waals surface area contributed by atoms with Crippen LogP contribution in [-0.4, -0.2) is 67.4 Å². The van der Waals surface area contributed by atoms with Crippen molar-refractivity contribution in [3.8, 4) is 5.69 Å². The Kier molecular flexibility index (Phi) is 5.85. The summed E-state index contributed by atoms with van der Waals surface area (Å²) < 4.78 is 8.09. The quantitative estimate of drug-likeness (QED) is 0.422. The van der Waals surface area contributed by atoms with E-state index in [9.17, 15) is 4.79 Å². The summed E-state index contributed by atoms with van der Waals surface area (Å²) in [5.74, 6) is 0.827. The molecule has 10 heteroatoms. The Hall–Kier alpha value is -3.11. The van der Waals surface area contributed by atoms with E-state index < -0.39 is 0 Å². The van der Waals surface area contributed by atoms with Crippen LogP contribution in [-0.2, 0) is 9.53 Å². The average molecular weight is 536 g/mol. The van der Waals surface area contributed by atoms with Gasteiger partial charge in [0, 0.05) is 42.8 Å². The molecule has 0 unspecified atom stereocenters. The van der Waals surface area contributed by atoms with Crippen LogP contribution in [0, 0.1) is 5.92 Å². The number of aromatic nitrogens is 5. The predicted octanol–water partition coefficient (Wildman–Crippen LogP) is 3.95. The van der Waals surface area contributed by atoms with E-state index >= 15 is 0 Å². The Bertz CT molecular complexity index is 1410. The smallest absolute Gasteiger partial charge is 0.225 e. The number of hydrogen-bond donors (Lipinski definition) is 1. The van der Waals surface area contributed by atoms with Gasteiger partial charge in [-0.05, 0) is 66.4 Å². The third kappa shape index (κ3) is 4.36. The number of nitrogens with zero attached hydrogens (tertiary/aromatic N) is 6. The lowest BCUT2D eigenvalue weighted by Gasteiger charge is -2.33. The van der Waals surface area contributed by atoms with E-state index in [-0.39, 0.29) is 24.0 Å². The number of anilines is 1. The second-order valence-electron chi connectivity index (χ2n) is 9.33. The molecule has 2 aliphatic rings. The van der Waals surface area contributed by atoms with Crippen molar-refractivity contribution in [3.05, 3.63) is 47.3 Å². The lowest BCUT2D eigenvalue weighted by atomic mass is 10.1. The average Bonchev–Trinajstić information content (AvgIpc) is 3.47. The van der Waals surface area contributed by atoms with Gasteiger partial charge in [-0.1, -0.05) is 6.07 Å². The summed E-state index contributed by atoms with van der Waals surface area (Å²) in [6.07, 6.45) is 6.25. The number of nitrogens with one attached hydrogen (secondary N) is 1. The van der Waals surface area contributed by atoms with E-state index in [1.54, 1.807) is 12.4 Å². The molecule has 0 bridgehead atoms. The van der Waals surface area contributed by atoms with E-state index in [1.165, 1.54) is 0 Å². The Morgan fingerprint density at radius 2 is 2.14 bits per heavy atom. The molecule has 35 heavy (non-hydrogen) atoms. The monoisotopic (exact) mass is 535 g/mol. The van der Waals surface area contributed by atoms with Crippen LogP contribution in [0.1, 0.15) is 26.2 Å². The fourth-order valence-corrected chi connectivity index (χ4v) is 5.55. The molecule has 180 valence electrons. The Labute approximate surface area is 211 Å². The standard InChI is InChI=1S/C25H26BrN7O2/c1-15-14-32(9-10-35-15)24(34)17-4-5-18(11-17)29-25-28-13-20-22(26)31-33(23(20)30-25)19-6-7-21-16(12-19)3-2-8-27-21/h2-3,6-8,12-13,15,17-18H,4-5,9-11,14H2,1H3,(H,28,29,30)/t15-,17-,18-/m1/s1. The molecule has 4 aromatic rings. The number of ether oxygens (including phenoxy) is 1. The number of rotatable bonds is 4. The summed E-state index contributed by atoms with van der Waals surface area (Å²) in [7, 11) is 0. The summed E-state index contributed by atoms with van der Waals surface area (Å²) in [5.41, 5.74) is 2.54. The van der Waals surface area contributed by atoms with Crippen LogP contribution in [0.3, 0.4) is 0 Å². The predicted molar refractivity (Wildman–Crippen MR) is 136 cm³/mol. The summed E-state index contributed by atoms with van der Waals surface area (Å²) >= 11 is 3.55. The second kappa shape index (κ2) is 9.16. The molecule has 4 heterocycles. The molecule has 1 aliphatic heterocycles. The molecule has 3 atom stereocenters. The van der Waals surface area contributed by atoms with Crippen LogP contribution < -0.4 is 5.32 Å². The minimum atomic E-state index is 0.0346. The lowest BCUT2D eigenvalue weighted by Crippen LogP contribution is -2.46. The third-order valence-electron chi connectivity index (χ3n) is 6.88. The molecular weight excluding hydrogens is 510 g/mol. The molecule has 6 rings (SSSR count). The molecule has 1 aliphatic carbocycles. The zero-order valence-electron chi connectivity index (χ0n) is 19.4. The molecular formula is C25H26BrN7O2. The number of pyridine rings is 1. The van der Waals surface area contributed by atoms with Gasteiger partial charge in [-0.3, -0.25) is 9.78 Å². The van der Waals surface area contributed by atoms with Gasteiger partial charge in [0.15, 0.2) is 5.65 Å². The van der Waals surface area contributed by atoms with Gasteiger partial charge in [0.05, 0.1) is 29.3 Å². The highest BCUT2D eigenvalue weighted by Gasteiger charge is 2.34. The van der Waals surface area contributed by atoms with Crippen molar-refractivity contribution in [2.45, 2.75) is 38.3 Å². The first-order valence-electron chi connectivity index (χ1n) is 12.0. The number of hydrogen-bond acceptors (Lipinski definition) is 7. The molecule has 9 nitrogen and oxygen atoms in total. The first-order chi connectivity index (χ1) is 17.0. The van der Waals surface area contributed by atoms with Crippen molar-refractivity contribution in [2.75, 3.05) is 25.0 Å². The highest BCUT2D eigenvalue weighted by atomic mass is 79.9. The topological polar surface area (TPSA) is 98.1 Å². The number of carbonyl (C=O) groups is 1. The summed E-state index contributed by atoms with van der Waals surface area (Å²) in [5, 5.41) is 9.99. The second-order valence-corrected chi connectivity index (χ2v) is 10.1. The third-order valence-corrected chi connectivity index (χ3v) is 7.46. The molecule has 1 amide bonds. The van der Waals surface area contributed by atoms with Gasteiger partial charge in [0.2, 0.25) is 11.9 Å². The summed E-state index contributed by atoms with van der Waals surface area (Å²) in [6, 6.07) is 10.1. The number of halogens is 1. The summed E-state index contributed by atoms with van der Waals surface area (Å²) in [4.78, 5) is 28.7. The fourth-order valence-electron chi connectivity index (χ4n) is 5.11. The first kappa shape index (κ1) is 22.4. The Morgan fingerprint density at radius 3 is 3.03 bits per heavy atom. The maximum absolute atomic E-state index is 13.0. The van der Waals surface area contributed by atoms with E-state index in [2.05, 4.69) is 42.4 Å². The van der Waals surface area contributed by atoms with Crippen LogP contribution >= 0.6 is 15.9 Å². The van der Waals surface area contributed by atoms with Gasteiger partial charge in [-0.25, -0.2) is 9.67 Å². The van der Waals surface area contributed by atoms with Crippen LogP contribution in [0.2, 0.25) is 0 Å². The SMILES string of the molecule is C[C@@H]1CN(C(=O)[C@@H]2CC[C@@H](Nc3ncc4c(Br)nn(-c5ccc6ncccc6c5)c4n3)C2)CCO1. The van der Waals surface area contributed by atoms with Gasteiger partial charge >= 0.3 is 0 Å². The van der Waals surface area contributed by atoms with E-state index in [4.69, 9.17) is 9.72 Å². The first-order valence-corrected chi connectivity index (χ1v) is 12.8. The number of amides is 1. The maximum Gasteiger partial charge on any atom is 0.225 e. The minimum absolute atomic E-state index is 0.0346. The number of carbonyl (C=O) groups excluding carboxylic acids is 1. The van der Waals surface area contributed by atoms with Crippen LogP contribution in [0.15, 0.2) is 47.3 Å². The van der Waals surface area contributed by atoms with Crippen molar-refractivity contribution < 1.29 is 9.53 Å². The van der Waals surface area contributed by atoms with Gasteiger partial charge < -0.3 is 15.0 Å². The van der Waals surface area contributed by atoms with Gasteiger partial charge in [-0.2, -0.15) is 10.1 Å². The molecule has 2 fully saturated rings. The summed E-state index contributed by atoms with van der Waals surface area (Å²) in [6.45, 7) is 3.99. The van der Waals surface area contributed by atoms with Crippen LogP contribution in [0.25, 0.3) is 27.6 Å². The minimum Gasteiger partial charge on any atom is -0.375 e. The Morgan fingerprint density at radius 1 is 1.23 bits per heavy atom. The van der Waals surface area contributed by atoms with Gasteiger partial charge in [-0.15, -0.1) is 0 Å². The van der Waals surface area contributed by atoms with E-state index in [0.29, 0.717) is 35.9 Å². The number of benzene rings is 1. The zero-order chi connectivity index (χ0) is 23.9. The van der Waals surface area contributed by atoms with Gasteiger partial charge in [0.25, 0.3) is 0 Å². The molecule has 1 aromatic carbocycles. The van der Waals surface area contributed by atoms with Crippen molar-refractivity contribution in [2.24, 2.45) is 5.92 Å². The fraction of sp³-hybridized carbons (Fsp3) is 0.400. The Balaban J connectivity index is 1.22. The maximum atomic E-state index is 13.0. The zero-order valence-corrected chi connectivity index (χ0v) is 21.0. The van der Waals surface area contributed by atoms with Crippen molar-refractivity contribution in [3.63, 3.8) is 0 Å². The molecule has 1 saturated carbocycles. The largest absolute Gasteiger partial charge is 0.375 e. The lowest BCUT2D eigenvalue weighted by molar-refractivity contribution is -0.142. The number of fused-ring (bicyclic) bond motifs is 2. The molecule has 1 saturated heterocycles. The molecule has 1 N–H and O–H groups in total. The number of morpholine rings is 1. The van der Waals surface area contributed by atoms with Crippen molar-refractivity contribution in [1.82, 2.24) is 29.6 Å².